The van der Waals surface area contributed by atoms with E-state index in [1.54, 1.807) is 0 Å². The van der Waals surface area contributed by atoms with Crippen LogP contribution in [0.25, 0.3) is 0 Å². The van der Waals surface area contributed by atoms with Crippen molar-refractivity contribution in [2.45, 2.75) is 86.5 Å². The summed E-state index contributed by atoms with van der Waals surface area (Å²) in [5.41, 5.74) is 0.682. The molecule has 0 radical (unpaired) electrons. The third-order valence-corrected chi connectivity index (χ3v) is 5.22. The fourth-order valence-corrected chi connectivity index (χ4v) is 2.81. The van der Waals surface area contributed by atoms with Gasteiger partial charge in [-0.15, -0.1) is 0 Å². The monoisotopic (exact) mass is 254 g/mol. The van der Waals surface area contributed by atoms with Gasteiger partial charge < -0.3 is 0 Å². The summed E-state index contributed by atoms with van der Waals surface area (Å²) < 4.78 is 0. The molecule has 0 spiro atoms. The van der Waals surface area contributed by atoms with Crippen molar-refractivity contribution in [2.24, 2.45) is 16.7 Å². The highest BCUT2D eigenvalue weighted by atomic mass is 15.3. The van der Waals surface area contributed by atoms with E-state index < -0.39 is 0 Å². The van der Waals surface area contributed by atoms with E-state index in [0.29, 0.717) is 35.0 Å². The van der Waals surface area contributed by atoms with Crippen LogP contribution in [0.4, 0.5) is 0 Å². The van der Waals surface area contributed by atoms with Gasteiger partial charge in [0.05, 0.1) is 6.17 Å². The fourth-order valence-electron chi connectivity index (χ4n) is 2.81. The van der Waals surface area contributed by atoms with Crippen LogP contribution in [0.15, 0.2) is 0 Å². The third kappa shape index (κ3) is 3.08. The van der Waals surface area contributed by atoms with E-state index in [1.807, 2.05) is 0 Å². The van der Waals surface area contributed by atoms with Crippen molar-refractivity contribution in [3.8, 4) is 0 Å². The first kappa shape index (κ1) is 16.0. The topological polar surface area (TPSA) is 24.1 Å². The summed E-state index contributed by atoms with van der Waals surface area (Å²) in [6.45, 7) is 18.8. The van der Waals surface area contributed by atoms with E-state index in [0.717, 1.165) is 0 Å². The lowest BCUT2D eigenvalue weighted by Crippen LogP contribution is -2.51. The summed E-state index contributed by atoms with van der Waals surface area (Å²) in [6, 6.07) is 1.12. The van der Waals surface area contributed by atoms with Crippen LogP contribution >= 0.6 is 0 Å². The maximum absolute atomic E-state index is 3.86. The molecule has 0 aromatic carbocycles. The molecule has 0 aliphatic carbocycles. The highest BCUT2D eigenvalue weighted by Gasteiger charge is 2.47. The summed E-state index contributed by atoms with van der Waals surface area (Å²) in [6.07, 6.45) is 2.89. The number of hydrogen-bond acceptors (Lipinski definition) is 2. The Kier molecular flexibility index (Phi) is 4.88. The van der Waals surface area contributed by atoms with Gasteiger partial charge in [0.1, 0.15) is 0 Å². The van der Waals surface area contributed by atoms with Crippen molar-refractivity contribution in [3.05, 3.63) is 0 Å². The Morgan fingerprint density at radius 1 is 0.833 bits per heavy atom. The van der Waals surface area contributed by atoms with Gasteiger partial charge >= 0.3 is 0 Å². The van der Waals surface area contributed by atoms with Crippen LogP contribution in [0.3, 0.4) is 0 Å². The molecule has 0 aromatic rings. The molecule has 1 fully saturated rings. The lowest BCUT2D eigenvalue weighted by Gasteiger charge is -2.41. The largest absolute Gasteiger partial charge is 0.297 e. The molecule has 0 bridgehead atoms. The molecule has 2 N–H and O–H groups in total. The standard InChI is InChI=1S/C16H34N2/c1-9-15(5,6)12-13(16(7,8)10-2)18-14(17-12)11(3)4/h11-14,17-18H,9-10H2,1-8H3. The van der Waals surface area contributed by atoms with Gasteiger partial charge in [-0.25, -0.2) is 0 Å². The van der Waals surface area contributed by atoms with Gasteiger partial charge in [-0.3, -0.25) is 10.6 Å². The molecular formula is C16H34N2. The van der Waals surface area contributed by atoms with Crippen LogP contribution in [0.5, 0.6) is 0 Å². The van der Waals surface area contributed by atoms with Crippen molar-refractivity contribution < 1.29 is 0 Å². The van der Waals surface area contributed by atoms with Crippen molar-refractivity contribution in [1.29, 1.82) is 0 Å². The minimum absolute atomic E-state index is 0.341. The van der Waals surface area contributed by atoms with E-state index in [4.69, 9.17) is 0 Å². The van der Waals surface area contributed by atoms with E-state index in [2.05, 4.69) is 66.0 Å². The normalized spacial score (nSPS) is 30.2. The first-order valence-corrected chi connectivity index (χ1v) is 7.67. The summed E-state index contributed by atoms with van der Waals surface area (Å²) in [7, 11) is 0. The highest BCUT2D eigenvalue weighted by Crippen LogP contribution is 2.39. The average molecular weight is 254 g/mol. The van der Waals surface area contributed by atoms with E-state index in [-0.39, 0.29) is 0 Å². The lowest BCUT2D eigenvalue weighted by molar-refractivity contribution is 0.149. The van der Waals surface area contributed by atoms with Gasteiger partial charge in [-0.2, -0.15) is 0 Å². The Labute approximate surface area is 114 Å². The molecule has 0 amide bonds. The van der Waals surface area contributed by atoms with Crippen LogP contribution in [-0.2, 0) is 0 Å². The molecule has 18 heavy (non-hydrogen) atoms. The fraction of sp³-hybridized carbons (Fsp3) is 1.00. The first-order chi connectivity index (χ1) is 8.15. The van der Waals surface area contributed by atoms with E-state index in [1.165, 1.54) is 12.8 Å². The van der Waals surface area contributed by atoms with Crippen LogP contribution < -0.4 is 10.6 Å². The number of rotatable bonds is 5. The molecule has 1 heterocycles. The number of hydrogen-bond donors (Lipinski definition) is 2. The Morgan fingerprint density at radius 2 is 1.17 bits per heavy atom. The molecule has 0 aromatic heterocycles. The maximum Gasteiger partial charge on any atom is 0.0601 e. The lowest BCUT2D eigenvalue weighted by atomic mass is 9.70. The summed E-state index contributed by atoms with van der Waals surface area (Å²) in [4.78, 5) is 0. The molecule has 2 unspecified atom stereocenters. The molecule has 0 saturated carbocycles. The summed E-state index contributed by atoms with van der Waals surface area (Å²) in [5.74, 6) is 0.637. The van der Waals surface area contributed by atoms with E-state index in [9.17, 15) is 0 Å². The molecule has 2 heteroatoms. The molecule has 1 aliphatic rings. The zero-order valence-corrected chi connectivity index (χ0v) is 13.7. The number of nitrogens with one attached hydrogen (secondary N) is 2. The quantitative estimate of drug-likeness (QED) is 0.780. The Balaban J connectivity index is 2.97. The van der Waals surface area contributed by atoms with Gasteiger partial charge in [0.2, 0.25) is 0 Å². The van der Waals surface area contributed by atoms with Gasteiger partial charge in [0.25, 0.3) is 0 Å². The Morgan fingerprint density at radius 3 is 1.39 bits per heavy atom. The second-order valence-corrected chi connectivity index (χ2v) is 7.69. The minimum atomic E-state index is 0.341. The Bertz CT molecular complexity index is 244. The van der Waals surface area contributed by atoms with Crippen LogP contribution in [-0.4, -0.2) is 18.2 Å². The zero-order valence-electron chi connectivity index (χ0n) is 13.7. The predicted octanol–water partition coefficient (Wildman–Crippen LogP) is 3.77. The van der Waals surface area contributed by atoms with Crippen LogP contribution in [0, 0.1) is 16.7 Å². The van der Waals surface area contributed by atoms with E-state index >= 15 is 0 Å². The van der Waals surface area contributed by atoms with Gasteiger partial charge in [0, 0.05) is 12.1 Å². The molecule has 1 saturated heterocycles. The predicted molar refractivity (Wildman–Crippen MR) is 80.6 cm³/mol. The molecule has 1 aliphatic heterocycles. The van der Waals surface area contributed by atoms with Crippen molar-refractivity contribution in [2.75, 3.05) is 0 Å². The van der Waals surface area contributed by atoms with Crippen molar-refractivity contribution >= 4 is 0 Å². The second kappa shape index (κ2) is 5.50. The summed E-state index contributed by atoms with van der Waals surface area (Å²) in [5, 5.41) is 7.72. The highest BCUT2D eigenvalue weighted by molar-refractivity contribution is 5.05. The second-order valence-electron chi connectivity index (χ2n) is 7.69. The smallest absolute Gasteiger partial charge is 0.0601 e. The first-order valence-electron chi connectivity index (χ1n) is 7.67. The van der Waals surface area contributed by atoms with Crippen LogP contribution in [0.2, 0.25) is 0 Å². The third-order valence-electron chi connectivity index (χ3n) is 5.22. The molecular weight excluding hydrogens is 220 g/mol. The van der Waals surface area contributed by atoms with Gasteiger partial charge in [-0.05, 0) is 29.6 Å². The van der Waals surface area contributed by atoms with Crippen LogP contribution in [0.1, 0.15) is 68.2 Å². The summed E-state index contributed by atoms with van der Waals surface area (Å²) >= 11 is 0. The van der Waals surface area contributed by atoms with Gasteiger partial charge in [0.15, 0.2) is 0 Å². The molecule has 2 atom stereocenters. The molecule has 2 nitrogen and oxygen atoms in total. The zero-order chi connectivity index (χ0) is 14.1. The van der Waals surface area contributed by atoms with Crippen molar-refractivity contribution in [3.63, 3.8) is 0 Å². The minimum Gasteiger partial charge on any atom is -0.297 e. The molecule has 1 rings (SSSR count). The van der Waals surface area contributed by atoms with Crippen molar-refractivity contribution in [1.82, 2.24) is 10.6 Å². The average Bonchev–Trinajstić information content (AvgIpc) is 2.75. The SMILES string of the molecule is CCC(C)(C)C1NC(C(C)C)NC1C(C)(C)CC. The van der Waals surface area contributed by atoms with Gasteiger partial charge in [-0.1, -0.05) is 55.4 Å². The maximum atomic E-state index is 3.86. The Hall–Kier alpha value is -0.0800. The molecule has 108 valence electrons.